The van der Waals surface area contributed by atoms with Crippen LogP contribution in [0.15, 0.2) is 78.9 Å². The van der Waals surface area contributed by atoms with Crippen LogP contribution in [0.25, 0.3) is 17.2 Å². The average Bonchev–Trinajstić information content (AvgIpc) is 2.79. The van der Waals surface area contributed by atoms with E-state index in [0.717, 1.165) is 16.7 Å². The van der Waals surface area contributed by atoms with E-state index in [9.17, 15) is 9.59 Å². The molecule has 0 saturated carbocycles. The molecule has 0 saturated heterocycles. The number of hydrogen-bond acceptors (Lipinski definition) is 5. The Balaban J connectivity index is 1.63. The van der Waals surface area contributed by atoms with Crippen molar-refractivity contribution in [2.45, 2.75) is 6.92 Å². The van der Waals surface area contributed by atoms with Gasteiger partial charge in [-0.2, -0.15) is 0 Å². The second kappa shape index (κ2) is 10.1. The fourth-order valence-electron chi connectivity index (χ4n) is 2.75. The molecule has 0 radical (unpaired) electrons. The number of ether oxygens (including phenoxy) is 3. The Morgan fingerprint density at radius 1 is 0.800 bits per heavy atom. The third-order valence-electron chi connectivity index (χ3n) is 4.33. The molecule has 0 bridgehead atoms. The molecule has 0 heterocycles. The standard InChI is InChI=1S/C25H22O5/c1-3-29-24(26)17-6-18-4-7-19(8-5-18)20-9-15-23(16-10-20)30-25(27)21-11-13-22(28-2)14-12-21/h4-17H,3H2,1-2H3/b17-6+. The summed E-state index contributed by atoms with van der Waals surface area (Å²) in [5.41, 5.74) is 3.35. The lowest BCUT2D eigenvalue weighted by Crippen LogP contribution is -2.08. The summed E-state index contributed by atoms with van der Waals surface area (Å²) in [4.78, 5) is 23.6. The van der Waals surface area contributed by atoms with Gasteiger partial charge in [-0.1, -0.05) is 36.4 Å². The van der Waals surface area contributed by atoms with Crippen LogP contribution in [0.3, 0.4) is 0 Å². The van der Waals surface area contributed by atoms with Gasteiger partial charge in [0.15, 0.2) is 0 Å². The van der Waals surface area contributed by atoms with Crippen molar-refractivity contribution < 1.29 is 23.8 Å². The van der Waals surface area contributed by atoms with E-state index in [1.807, 2.05) is 36.4 Å². The van der Waals surface area contributed by atoms with Crippen LogP contribution in [0.5, 0.6) is 11.5 Å². The van der Waals surface area contributed by atoms with Crippen molar-refractivity contribution >= 4 is 18.0 Å². The highest BCUT2D eigenvalue weighted by Gasteiger charge is 2.09. The van der Waals surface area contributed by atoms with Gasteiger partial charge < -0.3 is 14.2 Å². The summed E-state index contributed by atoms with van der Waals surface area (Å²) in [6.45, 7) is 2.12. The average molecular weight is 402 g/mol. The number of carbonyl (C=O) groups is 2. The predicted octanol–water partition coefficient (Wildman–Crippen LogP) is 5.16. The maximum absolute atomic E-state index is 12.3. The van der Waals surface area contributed by atoms with Crippen molar-refractivity contribution in [2.75, 3.05) is 13.7 Å². The summed E-state index contributed by atoms with van der Waals surface area (Å²) >= 11 is 0. The van der Waals surface area contributed by atoms with Crippen LogP contribution in [0.2, 0.25) is 0 Å². The minimum absolute atomic E-state index is 0.355. The van der Waals surface area contributed by atoms with E-state index in [0.29, 0.717) is 23.7 Å². The fourth-order valence-corrected chi connectivity index (χ4v) is 2.75. The summed E-state index contributed by atoms with van der Waals surface area (Å²) in [5, 5.41) is 0. The van der Waals surface area contributed by atoms with Crippen LogP contribution in [0.4, 0.5) is 0 Å². The van der Waals surface area contributed by atoms with Gasteiger partial charge in [-0.15, -0.1) is 0 Å². The maximum Gasteiger partial charge on any atom is 0.343 e. The van der Waals surface area contributed by atoms with E-state index in [1.165, 1.54) is 6.08 Å². The molecule has 0 amide bonds. The topological polar surface area (TPSA) is 61.8 Å². The van der Waals surface area contributed by atoms with Gasteiger partial charge in [-0.05, 0) is 66.1 Å². The minimum atomic E-state index is -0.428. The first-order valence-corrected chi connectivity index (χ1v) is 9.50. The highest BCUT2D eigenvalue weighted by atomic mass is 16.5. The summed E-state index contributed by atoms with van der Waals surface area (Å²) in [5.74, 6) is 0.358. The number of benzene rings is 3. The largest absolute Gasteiger partial charge is 0.497 e. The molecule has 5 nitrogen and oxygen atoms in total. The van der Waals surface area contributed by atoms with Crippen molar-refractivity contribution in [1.82, 2.24) is 0 Å². The highest BCUT2D eigenvalue weighted by Crippen LogP contribution is 2.24. The molecule has 0 aliphatic heterocycles. The van der Waals surface area contributed by atoms with Gasteiger partial charge in [0.1, 0.15) is 11.5 Å². The molecule has 5 heteroatoms. The Morgan fingerprint density at radius 2 is 1.37 bits per heavy atom. The number of methoxy groups -OCH3 is 1. The van der Waals surface area contributed by atoms with Gasteiger partial charge in [0.2, 0.25) is 0 Å². The molecule has 30 heavy (non-hydrogen) atoms. The van der Waals surface area contributed by atoms with Crippen LogP contribution < -0.4 is 9.47 Å². The first-order chi connectivity index (χ1) is 14.6. The normalized spacial score (nSPS) is 10.6. The van der Waals surface area contributed by atoms with Crippen LogP contribution in [-0.4, -0.2) is 25.7 Å². The van der Waals surface area contributed by atoms with Gasteiger partial charge in [0.25, 0.3) is 0 Å². The molecule has 0 aromatic heterocycles. The second-order valence-electron chi connectivity index (χ2n) is 6.35. The van der Waals surface area contributed by atoms with Crippen LogP contribution >= 0.6 is 0 Å². The lowest BCUT2D eigenvalue weighted by molar-refractivity contribution is -0.137. The van der Waals surface area contributed by atoms with Crippen LogP contribution in [0, 0.1) is 0 Å². The van der Waals surface area contributed by atoms with Gasteiger partial charge in [-0.25, -0.2) is 9.59 Å². The molecule has 0 N–H and O–H groups in total. The molecule has 0 atom stereocenters. The van der Waals surface area contributed by atoms with E-state index in [1.54, 1.807) is 56.5 Å². The number of rotatable bonds is 7. The van der Waals surface area contributed by atoms with Crippen molar-refractivity contribution in [1.29, 1.82) is 0 Å². The Labute approximate surface area is 175 Å². The number of carbonyl (C=O) groups excluding carboxylic acids is 2. The lowest BCUT2D eigenvalue weighted by Gasteiger charge is -2.07. The van der Waals surface area contributed by atoms with Gasteiger partial charge in [-0.3, -0.25) is 0 Å². The molecule has 0 unspecified atom stereocenters. The molecule has 3 aromatic rings. The van der Waals surface area contributed by atoms with E-state index >= 15 is 0 Å². The third-order valence-corrected chi connectivity index (χ3v) is 4.33. The van der Waals surface area contributed by atoms with Gasteiger partial charge in [0.05, 0.1) is 19.3 Å². The Bertz CT molecular complexity index is 1020. The summed E-state index contributed by atoms with van der Waals surface area (Å²) in [6.07, 6.45) is 3.12. The maximum atomic E-state index is 12.3. The zero-order valence-corrected chi connectivity index (χ0v) is 16.8. The molecule has 152 valence electrons. The molecule has 3 rings (SSSR count). The SMILES string of the molecule is CCOC(=O)/C=C/c1ccc(-c2ccc(OC(=O)c3ccc(OC)cc3)cc2)cc1. The first kappa shape index (κ1) is 20.9. The second-order valence-corrected chi connectivity index (χ2v) is 6.35. The van der Waals surface area contributed by atoms with Gasteiger partial charge >= 0.3 is 11.9 Å². The Hall–Kier alpha value is -3.86. The van der Waals surface area contributed by atoms with Crippen molar-refractivity contribution in [3.05, 3.63) is 90.0 Å². The van der Waals surface area contributed by atoms with Gasteiger partial charge in [0, 0.05) is 6.08 Å². The molecular formula is C25H22O5. The van der Waals surface area contributed by atoms with E-state index < -0.39 is 5.97 Å². The molecular weight excluding hydrogens is 380 g/mol. The fraction of sp³-hybridized carbons (Fsp3) is 0.120. The highest BCUT2D eigenvalue weighted by molar-refractivity contribution is 5.91. The monoisotopic (exact) mass is 402 g/mol. The first-order valence-electron chi connectivity index (χ1n) is 9.50. The Morgan fingerprint density at radius 3 is 1.93 bits per heavy atom. The van der Waals surface area contributed by atoms with E-state index in [4.69, 9.17) is 14.2 Å². The quantitative estimate of drug-likeness (QED) is 0.310. The smallest absolute Gasteiger partial charge is 0.343 e. The number of hydrogen-bond donors (Lipinski definition) is 0. The third kappa shape index (κ3) is 5.58. The zero-order valence-electron chi connectivity index (χ0n) is 16.8. The summed E-state index contributed by atoms with van der Waals surface area (Å²) in [7, 11) is 1.57. The molecule has 0 fully saturated rings. The minimum Gasteiger partial charge on any atom is -0.497 e. The molecule has 0 aliphatic carbocycles. The molecule has 0 spiro atoms. The molecule has 0 aliphatic rings. The van der Waals surface area contributed by atoms with E-state index in [-0.39, 0.29) is 5.97 Å². The zero-order chi connectivity index (χ0) is 21.3. The lowest BCUT2D eigenvalue weighted by atomic mass is 10.0. The van der Waals surface area contributed by atoms with Crippen molar-refractivity contribution in [2.24, 2.45) is 0 Å². The van der Waals surface area contributed by atoms with Crippen molar-refractivity contribution in [3.63, 3.8) is 0 Å². The number of esters is 2. The van der Waals surface area contributed by atoms with Crippen LogP contribution in [-0.2, 0) is 9.53 Å². The van der Waals surface area contributed by atoms with E-state index in [2.05, 4.69) is 0 Å². The summed E-state index contributed by atoms with van der Waals surface area (Å²) < 4.78 is 15.4. The molecule has 3 aromatic carbocycles. The van der Waals surface area contributed by atoms with Crippen LogP contribution in [0.1, 0.15) is 22.8 Å². The summed E-state index contributed by atoms with van der Waals surface area (Å²) in [6, 6.07) is 21.8. The van der Waals surface area contributed by atoms with Crippen molar-refractivity contribution in [3.8, 4) is 22.6 Å². The predicted molar refractivity (Wildman–Crippen MR) is 115 cm³/mol. The Kier molecular flexibility index (Phi) is 7.00.